The zero-order valence-corrected chi connectivity index (χ0v) is 20.3. The highest BCUT2D eigenvalue weighted by Crippen LogP contribution is 2.16. The molecule has 1 fully saturated rings. The van der Waals surface area contributed by atoms with Gasteiger partial charge in [0.15, 0.2) is 5.65 Å². The fraction of sp³-hybridized carbons (Fsp3) is 0.393. The van der Waals surface area contributed by atoms with Crippen LogP contribution >= 0.6 is 0 Å². The summed E-state index contributed by atoms with van der Waals surface area (Å²) in [5.74, 6) is -0.0569. The number of likely N-dealkylation sites (tertiary alicyclic amines) is 1. The Bertz CT molecular complexity index is 1360. The number of hydrogen-bond donors (Lipinski definition) is 1. The number of nitrogens with zero attached hydrogens (tertiary/aromatic N) is 4. The quantitative estimate of drug-likeness (QED) is 0.441. The minimum absolute atomic E-state index is 0.0569. The van der Waals surface area contributed by atoms with E-state index in [1.54, 1.807) is 10.8 Å². The van der Waals surface area contributed by atoms with E-state index >= 15 is 0 Å². The summed E-state index contributed by atoms with van der Waals surface area (Å²) in [6.45, 7) is 5.66. The Kier molecular flexibility index (Phi) is 6.95. The molecule has 4 aromatic rings. The first-order valence-corrected chi connectivity index (χ1v) is 12.7. The van der Waals surface area contributed by atoms with Crippen LogP contribution in [0.15, 0.2) is 65.7 Å². The van der Waals surface area contributed by atoms with Crippen molar-refractivity contribution in [2.75, 3.05) is 19.6 Å². The molecule has 1 saturated heterocycles. The van der Waals surface area contributed by atoms with E-state index in [2.05, 4.69) is 22.1 Å². The Morgan fingerprint density at radius 2 is 1.74 bits per heavy atom. The minimum Gasteiger partial charge on any atom is -0.352 e. The summed E-state index contributed by atoms with van der Waals surface area (Å²) in [4.78, 5) is 32.8. The summed E-state index contributed by atoms with van der Waals surface area (Å²) in [6.07, 6.45) is 9.76. The van der Waals surface area contributed by atoms with Crippen molar-refractivity contribution in [1.29, 1.82) is 0 Å². The number of aromatic nitrogens is 3. The molecule has 0 aliphatic carbocycles. The number of rotatable bonds is 7. The van der Waals surface area contributed by atoms with E-state index in [4.69, 9.17) is 0 Å². The van der Waals surface area contributed by atoms with E-state index in [-0.39, 0.29) is 11.5 Å². The first kappa shape index (κ1) is 23.3. The van der Waals surface area contributed by atoms with E-state index in [1.165, 1.54) is 38.8 Å². The third kappa shape index (κ3) is 5.00. The van der Waals surface area contributed by atoms with Crippen molar-refractivity contribution < 1.29 is 4.79 Å². The van der Waals surface area contributed by atoms with Crippen LogP contribution in [0.25, 0.3) is 16.7 Å². The predicted molar refractivity (Wildman–Crippen MR) is 139 cm³/mol. The van der Waals surface area contributed by atoms with E-state index in [9.17, 15) is 9.59 Å². The predicted octanol–water partition coefficient (Wildman–Crippen LogP) is 4.08. The van der Waals surface area contributed by atoms with E-state index in [1.807, 2.05) is 59.1 Å². The number of carbonyl (C=O) groups excluding carboxylic acids is 1. The van der Waals surface area contributed by atoms with Crippen molar-refractivity contribution in [3.63, 3.8) is 0 Å². The number of benzene rings is 1. The fourth-order valence-electron chi connectivity index (χ4n) is 5.09. The van der Waals surface area contributed by atoms with Crippen LogP contribution in [0.3, 0.4) is 0 Å². The Balaban J connectivity index is 1.24. The fourth-order valence-corrected chi connectivity index (χ4v) is 5.09. The molecule has 1 aliphatic rings. The van der Waals surface area contributed by atoms with Gasteiger partial charge in [0, 0.05) is 30.5 Å². The number of nitrogens with one attached hydrogen (secondary N) is 1. The maximum atomic E-state index is 13.1. The molecular weight excluding hydrogens is 438 g/mol. The molecule has 1 aliphatic heterocycles. The monoisotopic (exact) mass is 471 g/mol. The second kappa shape index (κ2) is 10.4. The molecule has 35 heavy (non-hydrogen) atoms. The van der Waals surface area contributed by atoms with Gasteiger partial charge in [0.2, 0.25) is 0 Å². The first-order valence-electron chi connectivity index (χ1n) is 12.7. The summed E-state index contributed by atoms with van der Waals surface area (Å²) in [7, 11) is 0. The van der Waals surface area contributed by atoms with E-state index in [0.29, 0.717) is 35.9 Å². The van der Waals surface area contributed by atoms with Gasteiger partial charge in [-0.3, -0.25) is 14.2 Å². The zero-order valence-electron chi connectivity index (χ0n) is 20.3. The molecule has 5 rings (SSSR count). The molecule has 0 spiro atoms. The number of pyridine rings is 1. The maximum Gasteiger partial charge on any atom is 0.276 e. The second-order valence-electron chi connectivity index (χ2n) is 9.54. The van der Waals surface area contributed by atoms with Gasteiger partial charge in [-0.15, -0.1) is 0 Å². The molecule has 0 radical (unpaired) electrons. The average molecular weight is 472 g/mol. The molecule has 1 aromatic carbocycles. The second-order valence-corrected chi connectivity index (χ2v) is 9.54. The summed E-state index contributed by atoms with van der Waals surface area (Å²) < 4.78 is 3.58. The lowest BCUT2D eigenvalue weighted by atomic mass is 10.1. The van der Waals surface area contributed by atoms with E-state index in [0.717, 1.165) is 17.5 Å². The normalized spacial score (nSPS) is 15.8. The van der Waals surface area contributed by atoms with Gasteiger partial charge in [-0.1, -0.05) is 25.0 Å². The van der Waals surface area contributed by atoms with Gasteiger partial charge < -0.3 is 14.6 Å². The van der Waals surface area contributed by atoms with Crippen molar-refractivity contribution in [1.82, 2.24) is 24.2 Å². The third-order valence-electron chi connectivity index (χ3n) is 7.16. The molecular formula is C28H33N5O2. The largest absolute Gasteiger partial charge is 0.352 e. The highest BCUT2D eigenvalue weighted by atomic mass is 16.1. The lowest BCUT2D eigenvalue weighted by Gasteiger charge is -2.27. The number of amides is 1. The van der Waals surface area contributed by atoms with Crippen LogP contribution in [0.2, 0.25) is 0 Å². The maximum absolute atomic E-state index is 13.1. The topological polar surface area (TPSA) is 71.6 Å². The van der Waals surface area contributed by atoms with Gasteiger partial charge >= 0.3 is 0 Å². The number of fused-ring (bicyclic) bond motifs is 3. The highest BCUT2D eigenvalue weighted by molar-refractivity contribution is 5.94. The standard InChI is InChI=1S/C28H33N5O2/c1-21(31-17-4-2-3-5-18-31)14-16-30-27(34)23-12-10-22(11-13-23)20-33-26-24(8-6-15-29-26)32-19-7-9-25(32)28(33)35/h6-13,15,19,21H,2-5,14,16-18,20H2,1H3,(H,30,34)/t21-/m1/s1. The van der Waals surface area contributed by atoms with Crippen LogP contribution in [0.4, 0.5) is 0 Å². The van der Waals surface area contributed by atoms with Crippen LogP contribution < -0.4 is 10.9 Å². The Labute approximate surface area is 205 Å². The lowest BCUT2D eigenvalue weighted by molar-refractivity contribution is 0.0948. The first-order chi connectivity index (χ1) is 17.1. The summed E-state index contributed by atoms with van der Waals surface area (Å²) in [5, 5.41) is 3.07. The molecule has 0 unspecified atom stereocenters. The molecule has 4 heterocycles. The molecule has 7 heteroatoms. The molecule has 1 atom stereocenters. The summed E-state index contributed by atoms with van der Waals surface area (Å²) >= 11 is 0. The van der Waals surface area contributed by atoms with Crippen LogP contribution in [-0.4, -0.2) is 50.4 Å². The van der Waals surface area contributed by atoms with Gasteiger partial charge in [0.1, 0.15) is 5.52 Å². The molecule has 1 amide bonds. The van der Waals surface area contributed by atoms with E-state index < -0.39 is 0 Å². The molecule has 182 valence electrons. The van der Waals surface area contributed by atoms with Crippen molar-refractivity contribution in [2.45, 2.75) is 51.6 Å². The minimum atomic E-state index is -0.0819. The van der Waals surface area contributed by atoms with Crippen LogP contribution in [-0.2, 0) is 6.54 Å². The lowest BCUT2D eigenvalue weighted by Crippen LogP contribution is -2.37. The molecule has 1 N–H and O–H groups in total. The average Bonchev–Trinajstić information content (AvgIpc) is 3.22. The number of carbonyl (C=O) groups is 1. The van der Waals surface area contributed by atoms with Crippen molar-refractivity contribution in [3.8, 4) is 0 Å². The SMILES string of the molecule is C[C@H](CCNC(=O)c1ccc(Cn2c(=O)c3cccn3c3cccnc32)cc1)N1CCCCCC1. The zero-order chi connectivity index (χ0) is 24.2. The van der Waals surface area contributed by atoms with Crippen LogP contribution in [0.5, 0.6) is 0 Å². The summed E-state index contributed by atoms with van der Waals surface area (Å²) in [5.41, 5.74) is 3.64. The van der Waals surface area contributed by atoms with Gasteiger partial charge in [-0.05, 0) is 81.2 Å². The third-order valence-corrected chi connectivity index (χ3v) is 7.16. The summed E-state index contributed by atoms with van der Waals surface area (Å²) in [6, 6.07) is 15.5. The molecule has 7 nitrogen and oxygen atoms in total. The van der Waals surface area contributed by atoms with Crippen molar-refractivity contribution in [2.24, 2.45) is 0 Å². The highest BCUT2D eigenvalue weighted by Gasteiger charge is 2.16. The van der Waals surface area contributed by atoms with Gasteiger partial charge in [0.25, 0.3) is 11.5 Å². The molecule has 0 bridgehead atoms. The molecule has 0 saturated carbocycles. The number of hydrogen-bond acceptors (Lipinski definition) is 4. The van der Waals surface area contributed by atoms with Gasteiger partial charge in [-0.25, -0.2) is 4.98 Å². The van der Waals surface area contributed by atoms with Crippen LogP contribution in [0, 0.1) is 0 Å². The smallest absolute Gasteiger partial charge is 0.276 e. The Hall–Kier alpha value is -3.45. The Morgan fingerprint density at radius 1 is 1.00 bits per heavy atom. The van der Waals surface area contributed by atoms with Crippen LogP contribution in [0.1, 0.15) is 54.9 Å². The van der Waals surface area contributed by atoms with Crippen molar-refractivity contribution >= 4 is 22.6 Å². The van der Waals surface area contributed by atoms with Gasteiger partial charge in [0.05, 0.1) is 12.1 Å². The molecule has 3 aromatic heterocycles. The van der Waals surface area contributed by atoms with Gasteiger partial charge in [-0.2, -0.15) is 0 Å². The Morgan fingerprint density at radius 3 is 2.51 bits per heavy atom. The van der Waals surface area contributed by atoms with Crippen molar-refractivity contribution in [3.05, 3.63) is 82.4 Å².